The molecule has 2 rings (SSSR count). The predicted octanol–water partition coefficient (Wildman–Crippen LogP) is 2.42. The van der Waals surface area contributed by atoms with E-state index in [1.165, 1.54) is 30.0 Å². The third kappa shape index (κ3) is 4.06. The summed E-state index contributed by atoms with van der Waals surface area (Å²) in [6, 6.07) is 13.6. The Balaban J connectivity index is 1.96. The fourth-order valence-electron chi connectivity index (χ4n) is 1.92. The summed E-state index contributed by atoms with van der Waals surface area (Å²) < 4.78 is 0. The van der Waals surface area contributed by atoms with Crippen molar-refractivity contribution in [2.24, 2.45) is 0 Å². The van der Waals surface area contributed by atoms with Gasteiger partial charge in [-0.25, -0.2) is 0 Å². The first kappa shape index (κ1) is 15.5. The van der Waals surface area contributed by atoms with E-state index in [2.05, 4.69) is 12.2 Å². The first-order chi connectivity index (χ1) is 10.6. The van der Waals surface area contributed by atoms with Gasteiger partial charge in [0.05, 0.1) is 5.97 Å². The largest absolute Gasteiger partial charge is 0.545 e. The van der Waals surface area contributed by atoms with Crippen LogP contribution in [0.4, 0.5) is 5.69 Å². The summed E-state index contributed by atoms with van der Waals surface area (Å²) >= 11 is 0. The molecule has 4 heteroatoms. The Hall–Kier alpha value is -2.88. The number of hydrogen-bond acceptors (Lipinski definition) is 4. The van der Waals surface area contributed by atoms with Gasteiger partial charge in [-0.2, -0.15) is 0 Å². The van der Waals surface area contributed by atoms with E-state index in [1.807, 2.05) is 12.1 Å². The number of rotatable bonds is 6. The molecule has 112 valence electrons. The van der Waals surface area contributed by atoms with Gasteiger partial charge in [-0.05, 0) is 29.7 Å². The fourth-order valence-corrected chi connectivity index (χ4v) is 1.92. The van der Waals surface area contributed by atoms with Gasteiger partial charge in [-0.1, -0.05) is 43.3 Å². The predicted molar refractivity (Wildman–Crippen MR) is 83.7 cm³/mol. The minimum absolute atomic E-state index is 0.0958. The number of ketones is 1. The third-order valence-electron chi connectivity index (χ3n) is 3.25. The van der Waals surface area contributed by atoms with E-state index in [0.717, 1.165) is 6.42 Å². The normalized spacial score (nSPS) is 10.6. The van der Waals surface area contributed by atoms with Crippen LogP contribution in [0.15, 0.2) is 60.8 Å². The summed E-state index contributed by atoms with van der Waals surface area (Å²) in [6.07, 6.45) is 3.91. The number of benzene rings is 2. The molecule has 0 unspecified atom stereocenters. The third-order valence-corrected chi connectivity index (χ3v) is 3.25. The van der Waals surface area contributed by atoms with Crippen LogP contribution in [0.5, 0.6) is 0 Å². The summed E-state index contributed by atoms with van der Waals surface area (Å²) in [5, 5.41) is 13.5. The number of aromatic carboxylic acids is 1. The standard InChI is InChI=1S/C18H17NO3/c1-2-13-3-5-14(6-4-13)17(20)11-12-19-16-9-7-15(8-10-16)18(21)22/h3-12,19H,2H2,1H3,(H,21,22)/p-1/b12-11+. The fraction of sp³-hybridized carbons (Fsp3) is 0.111. The van der Waals surface area contributed by atoms with Gasteiger partial charge >= 0.3 is 0 Å². The Kier molecular flexibility index (Phi) is 5.09. The Bertz CT molecular complexity index is 685. The average molecular weight is 294 g/mol. The Morgan fingerprint density at radius 2 is 1.59 bits per heavy atom. The van der Waals surface area contributed by atoms with Crippen molar-refractivity contribution in [1.29, 1.82) is 0 Å². The van der Waals surface area contributed by atoms with Crippen LogP contribution in [-0.2, 0) is 6.42 Å². The zero-order valence-electron chi connectivity index (χ0n) is 12.2. The van der Waals surface area contributed by atoms with Crippen LogP contribution in [0, 0.1) is 0 Å². The number of carbonyl (C=O) groups is 2. The molecule has 0 aliphatic heterocycles. The number of anilines is 1. The maximum Gasteiger partial charge on any atom is 0.187 e. The highest BCUT2D eigenvalue weighted by molar-refractivity contribution is 6.04. The first-order valence-corrected chi connectivity index (χ1v) is 6.98. The Morgan fingerprint density at radius 3 is 2.14 bits per heavy atom. The summed E-state index contributed by atoms with van der Waals surface area (Å²) in [5.74, 6) is -1.31. The lowest BCUT2D eigenvalue weighted by atomic mass is 10.1. The smallest absolute Gasteiger partial charge is 0.187 e. The van der Waals surface area contributed by atoms with Crippen LogP contribution < -0.4 is 10.4 Å². The molecule has 0 saturated heterocycles. The van der Waals surface area contributed by atoms with Gasteiger partial charge in [-0.15, -0.1) is 0 Å². The summed E-state index contributed by atoms with van der Waals surface area (Å²) in [4.78, 5) is 22.6. The number of carbonyl (C=O) groups excluding carboxylic acids is 2. The quantitative estimate of drug-likeness (QED) is 0.656. The number of aryl methyl sites for hydroxylation is 1. The highest BCUT2D eigenvalue weighted by Crippen LogP contribution is 2.10. The average Bonchev–Trinajstić information content (AvgIpc) is 2.55. The Labute approximate surface area is 129 Å². The molecule has 0 atom stereocenters. The molecule has 0 fully saturated rings. The van der Waals surface area contributed by atoms with Gasteiger partial charge in [0.15, 0.2) is 5.78 Å². The van der Waals surface area contributed by atoms with E-state index in [1.54, 1.807) is 24.3 Å². The number of nitrogens with one attached hydrogen (secondary N) is 1. The lowest BCUT2D eigenvalue weighted by Crippen LogP contribution is -2.21. The topological polar surface area (TPSA) is 69.2 Å². The van der Waals surface area contributed by atoms with Crippen molar-refractivity contribution >= 4 is 17.4 Å². The van der Waals surface area contributed by atoms with Crippen LogP contribution in [0.3, 0.4) is 0 Å². The van der Waals surface area contributed by atoms with E-state index in [9.17, 15) is 14.7 Å². The van der Waals surface area contributed by atoms with E-state index in [-0.39, 0.29) is 11.3 Å². The minimum atomic E-state index is -1.22. The molecule has 4 nitrogen and oxygen atoms in total. The summed E-state index contributed by atoms with van der Waals surface area (Å²) in [7, 11) is 0. The lowest BCUT2D eigenvalue weighted by Gasteiger charge is -2.04. The monoisotopic (exact) mass is 294 g/mol. The molecule has 0 aliphatic rings. The molecule has 0 spiro atoms. The second kappa shape index (κ2) is 7.22. The van der Waals surface area contributed by atoms with Gasteiger partial charge in [0, 0.05) is 23.5 Å². The van der Waals surface area contributed by atoms with Gasteiger partial charge in [0.25, 0.3) is 0 Å². The zero-order chi connectivity index (χ0) is 15.9. The summed E-state index contributed by atoms with van der Waals surface area (Å²) in [5.41, 5.74) is 2.62. The molecule has 0 aliphatic carbocycles. The SMILES string of the molecule is CCc1ccc(C(=O)/C=C/Nc2ccc(C(=O)[O-])cc2)cc1. The minimum Gasteiger partial charge on any atom is -0.545 e. The molecule has 1 N–H and O–H groups in total. The number of hydrogen-bond donors (Lipinski definition) is 1. The van der Waals surface area contributed by atoms with Gasteiger partial charge in [-0.3, -0.25) is 4.79 Å². The van der Waals surface area contributed by atoms with E-state index in [4.69, 9.17) is 0 Å². The maximum absolute atomic E-state index is 12.0. The lowest BCUT2D eigenvalue weighted by molar-refractivity contribution is -0.255. The molecule has 22 heavy (non-hydrogen) atoms. The van der Waals surface area contributed by atoms with Crippen molar-refractivity contribution in [2.45, 2.75) is 13.3 Å². The van der Waals surface area contributed by atoms with E-state index >= 15 is 0 Å². The van der Waals surface area contributed by atoms with Crippen LogP contribution in [0.25, 0.3) is 0 Å². The van der Waals surface area contributed by atoms with Crippen molar-refractivity contribution in [3.8, 4) is 0 Å². The molecule has 0 radical (unpaired) electrons. The number of carboxylic acids is 1. The highest BCUT2D eigenvalue weighted by atomic mass is 16.4. The number of carboxylic acid groups (broad SMARTS) is 1. The van der Waals surface area contributed by atoms with Crippen molar-refractivity contribution < 1.29 is 14.7 Å². The molecule has 0 saturated carbocycles. The number of allylic oxidation sites excluding steroid dienone is 1. The molecule has 0 heterocycles. The molecule has 0 aromatic heterocycles. The van der Waals surface area contributed by atoms with Crippen molar-refractivity contribution in [3.63, 3.8) is 0 Å². The van der Waals surface area contributed by atoms with E-state index < -0.39 is 5.97 Å². The van der Waals surface area contributed by atoms with Crippen LogP contribution in [0.2, 0.25) is 0 Å². The molecule has 0 amide bonds. The highest BCUT2D eigenvalue weighted by Gasteiger charge is 2.01. The molecule has 2 aromatic carbocycles. The van der Waals surface area contributed by atoms with Gasteiger partial charge < -0.3 is 15.2 Å². The Morgan fingerprint density at radius 1 is 1.00 bits per heavy atom. The van der Waals surface area contributed by atoms with Gasteiger partial charge in [0.2, 0.25) is 0 Å². The second-order valence-corrected chi connectivity index (χ2v) is 4.76. The molecular formula is C18H16NO3-. The molecular weight excluding hydrogens is 278 g/mol. The van der Waals surface area contributed by atoms with Crippen LogP contribution in [0.1, 0.15) is 33.2 Å². The maximum atomic E-state index is 12.0. The van der Waals surface area contributed by atoms with Crippen molar-refractivity contribution in [2.75, 3.05) is 5.32 Å². The molecule has 2 aromatic rings. The van der Waals surface area contributed by atoms with Gasteiger partial charge in [0.1, 0.15) is 0 Å². The van der Waals surface area contributed by atoms with E-state index in [0.29, 0.717) is 11.3 Å². The zero-order valence-corrected chi connectivity index (χ0v) is 12.2. The molecule has 0 bridgehead atoms. The van der Waals surface area contributed by atoms with Crippen molar-refractivity contribution in [1.82, 2.24) is 0 Å². The first-order valence-electron chi connectivity index (χ1n) is 6.98. The summed E-state index contributed by atoms with van der Waals surface area (Å²) in [6.45, 7) is 2.06. The van der Waals surface area contributed by atoms with Crippen molar-refractivity contribution in [3.05, 3.63) is 77.5 Å². The van der Waals surface area contributed by atoms with Crippen LogP contribution in [-0.4, -0.2) is 11.8 Å². The second-order valence-electron chi connectivity index (χ2n) is 4.76. The van der Waals surface area contributed by atoms with Crippen LogP contribution >= 0.6 is 0 Å².